The number of carbonyl (C=O) groups excluding carboxylic acids is 3. The first kappa shape index (κ1) is 20.3. The molecule has 0 atom stereocenters. The van der Waals surface area contributed by atoms with Gasteiger partial charge in [-0.2, -0.15) is 5.26 Å². The highest BCUT2D eigenvalue weighted by molar-refractivity contribution is 8.04. The van der Waals surface area contributed by atoms with E-state index in [0.29, 0.717) is 10.6 Å². The minimum atomic E-state index is -0.547. The Labute approximate surface area is 161 Å². The molecule has 1 aromatic carbocycles. The Morgan fingerprint density at radius 2 is 2.00 bits per heavy atom. The molecule has 1 amide bonds. The zero-order valence-electron chi connectivity index (χ0n) is 14.7. The third kappa shape index (κ3) is 6.31. The maximum absolute atomic E-state index is 11.9. The summed E-state index contributed by atoms with van der Waals surface area (Å²) in [5.74, 6) is -0.978. The number of rotatable bonds is 7. The molecule has 0 N–H and O–H groups in total. The standard InChI is InChI=1S/C19H18N2O5S/c1-2-25-19(24)11-17-21(16(22)13-27-17)9-10-26-18(23)8-7-14-3-5-15(12-20)6-4-14/h3-8,11H,2,9-10,13H2,1H3/b8-7+,17-11-. The highest BCUT2D eigenvalue weighted by Gasteiger charge is 2.27. The summed E-state index contributed by atoms with van der Waals surface area (Å²) in [6.45, 7) is 2.12. The van der Waals surface area contributed by atoms with Gasteiger partial charge in [0.05, 0.1) is 41.6 Å². The molecule has 0 spiro atoms. The van der Waals surface area contributed by atoms with Gasteiger partial charge in [-0.05, 0) is 30.7 Å². The molecule has 1 heterocycles. The molecule has 0 saturated carbocycles. The first-order valence-corrected chi connectivity index (χ1v) is 9.18. The van der Waals surface area contributed by atoms with Gasteiger partial charge in [0.1, 0.15) is 6.61 Å². The summed E-state index contributed by atoms with van der Waals surface area (Å²) in [6, 6.07) is 8.75. The lowest BCUT2D eigenvalue weighted by atomic mass is 10.1. The lowest BCUT2D eigenvalue weighted by Crippen LogP contribution is -2.29. The van der Waals surface area contributed by atoms with Crippen LogP contribution in [0, 0.1) is 11.3 Å². The van der Waals surface area contributed by atoms with E-state index in [1.54, 1.807) is 37.3 Å². The zero-order valence-corrected chi connectivity index (χ0v) is 15.5. The number of hydrogen-bond donors (Lipinski definition) is 0. The van der Waals surface area contributed by atoms with Crippen molar-refractivity contribution in [2.75, 3.05) is 25.5 Å². The van der Waals surface area contributed by atoms with E-state index in [2.05, 4.69) is 0 Å². The van der Waals surface area contributed by atoms with Crippen molar-refractivity contribution >= 4 is 35.7 Å². The largest absolute Gasteiger partial charge is 0.463 e. The van der Waals surface area contributed by atoms with E-state index in [1.807, 2.05) is 6.07 Å². The van der Waals surface area contributed by atoms with Crippen molar-refractivity contribution in [2.45, 2.75) is 6.92 Å². The lowest BCUT2D eigenvalue weighted by Gasteiger charge is -2.16. The van der Waals surface area contributed by atoms with Crippen LogP contribution >= 0.6 is 11.8 Å². The van der Waals surface area contributed by atoms with Gasteiger partial charge >= 0.3 is 11.9 Å². The van der Waals surface area contributed by atoms with Crippen molar-refractivity contribution in [1.29, 1.82) is 5.26 Å². The molecule has 1 aliphatic rings. The fourth-order valence-corrected chi connectivity index (χ4v) is 3.13. The summed E-state index contributed by atoms with van der Waals surface area (Å²) in [4.78, 5) is 36.6. The van der Waals surface area contributed by atoms with Gasteiger partial charge in [-0.3, -0.25) is 4.79 Å². The fourth-order valence-electron chi connectivity index (χ4n) is 2.17. The van der Waals surface area contributed by atoms with Crippen LogP contribution in [0.15, 0.2) is 41.4 Å². The van der Waals surface area contributed by atoms with Crippen LogP contribution in [-0.4, -0.2) is 48.3 Å². The first-order valence-electron chi connectivity index (χ1n) is 8.20. The molecule has 1 fully saturated rings. The number of benzene rings is 1. The summed E-state index contributed by atoms with van der Waals surface area (Å²) >= 11 is 1.24. The molecule has 0 unspecified atom stereocenters. The van der Waals surface area contributed by atoms with Crippen molar-refractivity contribution in [3.05, 3.63) is 52.6 Å². The average molecular weight is 386 g/mol. The summed E-state index contributed by atoms with van der Waals surface area (Å²) < 4.78 is 9.93. The van der Waals surface area contributed by atoms with E-state index < -0.39 is 11.9 Å². The zero-order chi connectivity index (χ0) is 19.6. The van der Waals surface area contributed by atoms with Gasteiger partial charge in [-0.25, -0.2) is 9.59 Å². The van der Waals surface area contributed by atoms with E-state index in [0.717, 1.165) is 5.56 Å². The first-order chi connectivity index (χ1) is 13.0. The molecule has 0 aliphatic carbocycles. The van der Waals surface area contributed by atoms with Crippen LogP contribution in [0.4, 0.5) is 0 Å². The van der Waals surface area contributed by atoms with Gasteiger partial charge in [0, 0.05) is 6.08 Å². The Morgan fingerprint density at radius 3 is 2.67 bits per heavy atom. The normalized spacial score (nSPS) is 15.2. The Bertz CT molecular complexity index is 808. The second-order valence-corrected chi connectivity index (χ2v) is 6.30. The SMILES string of the molecule is CCOC(=O)/C=C1\SCC(=O)N1CCOC(=O)/C=C/c1ccc(C#N)cc1. The van der Waals surface area contributed by atoms with Crippen molar-refractivity contribution < 1.29 is 23.9 Å². The second-order valence-electron chi connectivity index (χ2n) is 5.30. The Morgan fingerprint density at radius 1 is 1.26 bits per heavy atom. The molecule has 140 valence electrons. The molecule has 1 saturated heterocycles. The van der Waals surface area contributed by atoms with E-state index >= 15 is 0 Å². The third-order valence-corrected chi connectivity index (χ3v) is 4.47. The second kappa shape index (κ2) is 10.2. The van der Waals surface area contributed by atoms with Gasteiger partial charge in [-0.15, -0.1) is 0 Å². The van der Waals surface area contributed by atoms with Crippen LogP contribution in [0.3, 0.4) is 0 Å². The van der Waals surface area contributed by atoms with Crippen LogP contribution < -0.4 is 0 Å². The smallest absolute Gasteiger partial charge is 0.333 e. The lowest BCUT2D eigenvalue weighted by molar-refractivity contribution is -0.140. The number of thioether (sulfide) groups is 1. The van der Waals surface area contributed by atoms with Crippen LogP contribution in [0.25, 0.3) is 6.08 Å². The van der Waals surface area contributed by atoms with E-state index in [4.69, 9.17) is 14.7 Å². The maximum Gasteiger partial charge on any atom is 0.333 e. The minimum absolute atomic E-state index is 0.00299. The molecule has 0 bridgehead atoms. The van der Waals surface area contributed by atoms with E-state index in [9.17, 15) is 14.4 Å². The van der Waals surface area contributed by atoms with Gasteiger partial charge in [0.2, 0.25) is 5.91 Å². The van der Waals surface area contributed by atoms with E-state index in [-0.39, 0.29) is 31.4 Å². The molecule has 1 aromatic rings. The van der Waals surface area contributed by atoms with E-state index in [1.165, 1.54) is 28.8 Å². The molecule has 2 rings (SSSR count). The van der Waals surface area contributed by atoms with Crippen LogP contribution in [0.1, 0.15) is 18.1 Å². The minimum Gasteiger partial charge on any atom is -0.463 e. The summed E-state index contributed by atoms with van der Waals surface area (Å²) in [6.07, 6.45) is 4.12. The van der Waals surface area contributed by atoms with Crippen molar-refractivity contribution in [2.24, 2.45) is 0 Å². The van der Waals surface area contributed by atoms with Crippen LogP contribution in [0.2, 0.25) is 0 Å². The number of hydrogen-bond acceptors (Lipinski definition) is 7. The average Bonchev–Trinajstić information content (AvgIpc) is 3.00. The maximum atomic E-state index is 11.9. The molecular formula is C19H18N2O5S. The van der Waals surface area contributed by atoms with Crippen LogP contribution in [-0.2, 0) is 23.9 Å². The highest BCUT2D eigenvalue weighted by atomic mass is 32.2. The van der Waals surface area contributed by atoms with Crippen molar-refractivity contribution in [3.8, 4) is 6.07 Å². The quantitative estimate of drug-likeness (QED) is 0.523. The molecule has 7 nitrogen and oxygen atoms in total. The number of ether oxygens (including phenoxy) is 2. The van der Waals surface area contributed by atoms with Crippen molar-refractivity contribution in [1.82, 2.24) is 4.90 Å². The Kier molecular flexibility index (Phi) is 7.64. The number of esters is 2. The monoisotopic (exact) mass is 386 g/mol. The number of amides is 1. The highest BCUT2D eigenvalue weighted by Crippen LogP contribution is 2.28. The number of nitrogens with zero attached hydrogens (tertiary/aromatic N) is 2. The van der Waals surface area contributed by atoms with Crippen molar-refractivity contribution in [3.63, 3.8) is 0 Å². The third-order valence-electron chi connectivity index (χ3n) is 3.45. The Balaban J connectivity index is 1.83. The molecular weight excluding hydrogens is 368 g/mol. The van der Waals surface area contributed by atoms with Gasteiger partial charge in [0.15, 0.2) is 0 Å². The summed E-state index contributed by atoms with van der Waals surface area (Å²) in [7, 11) is 0. The number of nitriles is 1. The predicted molar refractivity (Wildman–Crippen MR) is 100 cm³/mol. The fraction of sp³-hybridized carbons (Fsp3) is 0.263. The summed E-state index contributed by atoms with van der Waals surface area (Å²) in [5.41, 5.74) is 1.30. The molecule has 8 heteroatoms. The van der Waals surface area contributed by atoms with Crippen LogP contribution in [0.5, 0.6) is 0 Å². The topological polar surface area (TPSA) is 96.7 Å². The van der Waals surface area contributed by atoms with Gasteiger partial charge < -0.3 is 14.4 Å². The number of carbonyl (C=O) groups is 3. The molecule has 0 aromatic heterocycles. The summed E-state index contributed by atoms with van der Waals surface area (Å²) in [5, 5.41) is 9.23. The molecule has 0 radical (unpaired) electrons. The van der Waals surface area contributed by atoms with Gasteiger partial charge in [0.25, 0.3) is 0 Å². The predicted octanol–water partition coefficient (Wildman–Crippen LogP) is 2.09. The van der Waals surface area contributed by atoms with Gasteiger partial charge in [-0.1, -0.05) is 23.9 Å². The molecule has 1 aliphatic heterocycles. The Hall–Kier alpha value is -3.05. The molecule has 27 heavy (non-hydrogen) atoms.